The molecule has 2 aromatic heterocycles. The zero-order valence-corrected chi connectivity index (χ0v) is 18.5. The molecule has 0 unspecified atom stereocenters. The number of pyridine rings is 1. The van der Waals surface area contributed by atoms with Gasteiger partial charge in [0.15, 0.2) is 5.13 Å². The number of methoxy groups -OCH3 is 2. The Balaban J connectivity index is 1.39. The Labute approximate surface area is 182 Å². The van der Waals surface area contributed by atoms with Crippen LogP contribution >= 0.6 is 23.1 Å². The van der Waals surface area contributed by atoms with Gasteiger partial charge in [-0.2, -0.15) is 0 Å². The predicted octanol–water partition coefficient (Wildman–Crippen LogP) is 5.29. The molecule has 4 aromatic rings. The maximum atomic E-state index is 12.4. The molecule has 0 aliphatic rings. The van der Waals surface area contributed by atoms with Crippen LogP contribution in [0.4, 0.5) is 5.13 Å². The number of ether oxygens (including phenoxy) is 2. The number of aromatic nitrogens is 2. The van der Waals surface area contributed by atoms with Crippen molar-refractivity contribution < 1.29 is 14.3 Å². The highest BCUT2D eigenvalue weighted by atomic mass is 32.2. The normalized spacial score (nSPS) is 11.0. The third-order valence-corrected chi connectivity index (χ3v) is 6.47. The van der Waals surface area contributed by atoms with Crippen molar-refractivity contribution in [2.75, 3.05) is 25.3 Å². The van der Waals surface area contributed by atoms with Gasteiger partial charge in [0.05, 0.1) is 29.5 Å². The number of amides is 1. The first-order valence-electron chi connectivity index (χ1n) is 9.39. The molecule has 1 amide bonds. The Morgan fingerprint density at radius 2 is 2.00 bits per heavy atom. The van der Waals surface area contributed by atoms with E-state index in [1.54, 1.807) is 26.0 Å². The minimum absolute atomic E-state index is 0.0661. The van der Waals surface area contributed by atoms with Crippen molar-refractivity contribution in [2.45, 2.75) is 18.4 Å². The summed E-state index contributed by atoms with van der Waals surface area (Å²) < 4.78 is 11.6. The molecule has 154 valence electrons. The van der Waals surface area contributed by atoms with Gasteiger partial charge in [-0.1, -0.05) is 23.5 Å². The minimum Gasteiger partial charge on any atom is -0.497 e. The first-order valence-corrected chi connectivity index (χ1v) is 11.2. The number of para-hydroxylation sites is 1. The number of hydrogen-bond acceptors (Lipinski definition) is 7. The summed E-state index contributed by atoms with van der Waals surface area (Å²) in [5.74, 6) is 2.08. The number of thiazole rings is 1. The molecule has 8 heteroatoms. The number of nitrogens with one attached hydrogen (secondary N) is 1. The van der Waals surface area contributed by atoms with Crippen LogP contribution in [0, 0.1) is 6.92 Å². The summed E-state index contributed by atoms with van der Waals surface area (Å²) in [5, 5.41) is 5.44. The van der Waals surface area contributed by atoms with Crippen LogP contribution in [-0.2, 0) is 4.79 Å². The van der Waals surface area contributed by atoms with Crippen LogP contribution in [0.25, 0.3) is 21.1 Å². The summed E-state index contributed by atoms with van der Waals surface area (Å²) in [7, 11) is 3.28. The molecule has 0 saturated carbocycles. The van der Waals surface area contributed by atoms with Crippen LogP contribution in [0.15, 0.2) is 47.5 Å². The van der Waals surface area contributed by atoms with E-state index in [9.17, 15) is 4.79 Å². The molecule has 1 N–H and O–H groups in total. The van der Waals surface area contributed by atoms with Crippen LogP contribution in [0.1, 0.15) is 12.0 Å². The van der Waals surface area contributed by atoms with Gasteiger partial charge >= 0.3 is 0 Å². The number of fused-ring (bicyclic) bond motifs is 2. The molecule has 0 aliphatic heterocycles. The molecule has 0 saturated heterocycles. The number of nitrogens with zero attached hydrogens (tertiary/aromatic N) is 2. The van der Waals surface area contributed by atoms with Crippen molar-refractivity contribution >= 4 is 55.3 Å². The van der Waals surface area contributed by atoms with Gasteiger partial charge < -0.3 is 14.8 Å². The molecule has 30 heavy (non-hydrogen) atoms. The average Bonchev–Trinajstić information content (AvgIpc) is 3.14. The second-order valence-corrected chi connectivity index (χ2v) is 8.78. The van der Waals surface area contributed by atoms with Crippen LogP contribution < -0.4 is 14.8 Å². The summed E-state index contributed by atoms with van der Waals surface area (Å²) in [4.78, 5) is 21.5. The lowest BCUT2D eigenvalue weighted by molar-refractivity contribution is -0.115. The number of benzene rings is 2. The zero-order chi connectivity index (χ0) is 21.1. The van der Waals surface area contributed by atoms with E-state index >= 15 is 0 Å². The predicted molar refractivity (Wildman–Crippen MR) is 123 cm³/mol. The third kappa shape index (κ3) is 4.34. The van der Waals surface area contributed by atoms with E-state index in [2.05, 4.69) is 17.2 Å². The van der Waals surface area contributed by atoms with E-state index in [-0.39, 0.29) is 5.91 Å². The molecule has 6 nitrogen and oxygen atoms in total. The number of carbonyl (C=O) groups is 1. The summed E-state index contributed by atoms with van der Waals surface area (Å²) in [6.07, 6.45) is 0.370. The SMILES string of the molecule is COc1ccc2nc(NC(=O)CCSc3cc(C)c4cccc(OC)c4n3)sc2c1. The average molecular weight is 440 g/mol. The van der Waals surface area contributed by atoms with Gasteiger partial charge in [0.2, 0.25) is 5.91 Å². The molecule has 0 atom stereocenters. The maximum Gasteiger partial charge on any atom is 0.226 e. The fourth-order valence-electron chi connectivity index (χ4n) is 3.12. The monoisotopic (exact) mass is 439 g/mol. The summed E-state index contributed by atoms with van der Waals surface area (Å²) in [6, 6.07) is 13.6. The van der Waals surface area contributed by atoms with Gasteiger partial charge in [0, 0.05) is 17.6 Å². The topological polar surface area (TPSA) is 73.3 Å². The lowest BCUT2D eigenvalue weighted by Gasteiger charge is -2.09. The van der Waals surface area contributed by atoms with E-state index in [1.165, 1.54) is 11.3 Å². The van der Waals surface area contributed by atoms with Crippen molar-refractivity contribution in [1.82, 2.24) is 9.97 Å². The Morgan fingerprint density at radius 3 is 2.80 bits per heavy atom. The van der Waals surface area contributed by atoms with Crippen LogP contribution in [0.2, 0.25) is 0 Å². The van der Waals surface area contributed by atoms with Gasteiger partial charge in [-0.15, -0.1) is 11.8 Å². The van der Waals surface area contributed by atoms with E-state index < -0.39 is 0 Å². The molecule has 2 heterocycles. The molecular weight excluding hydrogens is 418 g/mol. The molecular formula is C22H21N3O3S2. The summed E-state index contributed by atoms with van der Waals surface area (Å²) in [5.41, 5.74) is 2.82. The lowest BCUT2D eigenvalue weighted by atomic mass is 10.1. The third-order valence-electron chi connectivity index (χ3n) is 4.63. The summed E-state index contributed by atoms with van der Waals surface area (Å²) in [6.45, 7) is 2.06. The Hall–Kier alpha value is -2.84. The fraction of sp³-hybridized carbons (Fsp3) is 0.227. The number of rotatable bonds is 7. The van der Waals surface area contributed by atoms with Gasteiger partial charge in [-0.25, -0.2) is 9.97 Å². The largest absolute Gasteiger partial charge is 0.497 e. The first-order chi connectivity index (χ1) is 14.6. The smallest absolute Gasteiger partial charge is 0.226 e. The highest BCUT2D eigenvalue weighted by molar-refractivity contribution is 7.99. The fourth-order valence-corrected chi connectivity index (χ4v) is 4.94. The van der Waals surface area contributed by atoms with Crippen molar-refractivity contribution in [3.8, 4) is 11.5 Å². The van der Waals surface area contributed by atoms with E-state index in [0.29, 0.717) is 17.3 Å². The van der Waals surface area contributed by atoms with Gasteiger partial charge in [0.25, 0.3) is 0 Å². The van der Waals surface area contributed by atoms with Crippen molar-refractivity contribution in [1.29, 1.82) is 0 Å². The lowest BCUT2D eigenvalue weighted by Crippen LogP contribution is -2.11. The number of hydrogen-bond donors (Lipinski definition) is 1. The first kappa shape index (κ1) is 20.4. The van der Waals surface area contributed by atoms with Crippen LogP contribution in [-0.4, -0.2) is 35.8 Å². The van der Waals surface area contributed by atoms with Crippen LogP contribution in [0.3, 0.4) is 0 Å². The minimum atomic E-state index is -0.0661. The van der Waals surface area contributed by atoms with E-state index in [1.807, 2.05) is 42.5 Å². The van der Waals surface area contributed by atoms with Gasteiger partial charge in [0.1, 0.15) is 17.0 Å². The number of aryl methyl sites for hydroxylation is 1. The van der Waals surface area contributed by atoms with Gasteiger partial charge in [-0.05, 0) is 42.8 Å². The molecule has 0 bridgehead atoms. The molecule has 0 fully saturated rings. The summed E-state index contributed by atoms with van der Waals surface area (Å²) >= 11 is 2.99. The van der Waals surface area contributed by atoms with E-state index in [4.69, 9.17) is 14.5 Å². The number of carbonyl (C=O) groups excluding carboxylic acids is 1. The molecule has 0 radical (unpaired) electrons. The quantitative estimate of drug-likeness (QED) is 0.394. The molecule has 2 aromatic carbocycles. The number of anilines is 1. The standard InChI is InChI=1S/C22H21N3O3S2/c1-13-11-20(25-21-15(13)5-4-6-17(21)28-3)29-10-9-19(26)24-22-23-16-8-7-14(27-2)12-18(16)30-22/h4-8,11-12H,9-10H2,1-3H3,(H,23,24,26). The zero-order valence-electron chi connectivity index (χ0n) is 16.9. The Kier molecular flexibility index (Phi) is 6.06. The van der Waals surface area contributed by atoms with Crippen molar-refractivity contribution in [3.63, 3.8) is 0 Å². The Bertz CT molecular complexity index is 1220. The highest BCUT2D eigenvalue weighted by Crippen LogP contribution is 2.31. The molecule has 4 rings (SSSR count). The highest BCUT2D eigenvalue weighted by Gasteiger charge is 2.11. The van der Waals surface area contributed by atoms with Crippen molar-refractivity contribution in [2.24, 2.45) is 0 Å². The van der Waals surface area contributed by atoms with Crippen LogP contribution in [0.5, 0.6) is 11.5 Å². The second kappa shape index (κ2) is 8.89. The molecule has 0 spiro atoms. The number of thioether (sulfide) groups is 1. The Morgan fingerprint density at radius 1 is 1.13 bits per heavy atom. The maximum absolute atomic E-state index is 12.4. The van der Waals surface area contributed by atoms with E-state index in [0.717, 1.165) is 43.2 Å². The van der Waals surface area contributed by atoms with Gasteiger partial charge in [-0.3, -0.25) is 4.79 Å². The second-order valence-electron chi connectivity index (χ2n) is 6.63. The molecule has 0 aliphatic carbocycles. The van der Waals surface area contributed by atoms with Crippen molar-refractivity contribution in [3.05, 3.63) is 48.0 Å².